The maximum absolute atomic E-state index is 10.4. The van der Waals surface area contributed by atoms with Crippen molar-refractivity contribution in [3.63, 3.8) is 0 Å². The quantitative estimate of drug-likeness (QED) is 0.500. The second-order valence-corrected chi connectivity index (χ2v) is 6.64. The van der Waals surface area contributed by atoms with E-state index < -0.39 is 5.97 Å². The van der Waals surface area contributed by atoms with Gasteiger partial charge in [-0.05, 0) is 41.7 Å². The molecule has 0 saturated heterocycles. The Labute approximate surface area is 148 Å². The smallest absolute Gasteiger partial charge is 0.303 e. The molecule has 0 saturated carbocycles. The van der Waals surface area contributed by atoms with Gasteiger partial charge < -0.3 is 10.4 Å². The van der Waals surface area contributed by atoms with Crippen molar-refractivity contribution in [2.45, 2.75) is 71.1 Å². The van der Waals surface area contributed by atoms with E-state index in [4.69, 9.17) is 9.74 Å². The Morgan fingerprint density at radius 3 is 2.24 bits per heavy atom. The standard InChI is InChI=1S/C19H29N3O3/c1-15-12-13-16(19-18(15)21-25-22-19)20-14-10-8-6-4-2-3-5-7-9-11-17(23)24/h12-13,20H,2-11,14H2,1H3,(H,23,24). The molecule has 0 amide bonds. The fourth-order valence-electron chi connectivity index (χ4n) is 2.99. The average Bonchev–Trinajstić information content (AvgIpc) is 3.08. The zero-order chi connectivity index (χ0) is 17.9. The van der Waals surface area contributed by atoms with Crippen LogP contribution in [-0.2, 0) is 4.79 Å². The zero-order valence-electron chi connectivity index (χ0n) is 15.1. The van der Waals surface area contributed by atoms with Gasteiger partial charge in [0.25, 0.3) is 0 Å². The summed E-state index contributed by atoms with van der Waals surface area (Å²) in [5.74, 6) is -0.681. The van der Waals surface area contributed by atoms with Crippen LogP contribution in [0.5, 0.6) is 0 Å². The van der Waals surface area contributed by atoms with Crippen molar-refractivity contribution in [3.05, 3.63) is 17.7 Å². The molecule has 0 aliphatic rings. The summed E-state index contributed by atoms with van der Waals surface area (Å²) in [6.07, 6.45) is 10.7. The van der Waals surface area contributed by atoms with Crippen LogP contribution in [0.1, 0.15) is 69.8 Å². The average molecular weight is 347 g/mol. The summed E-state index contributed by atoms with van der Waals surface area (Å²) in [7, 11) is 0. The summed E-state index contributed by atoms with van der Waals surface area (Å²) < 4.78 is 4.84. The molecule has 25 heavy (non-hydrogen) atoms. The highest BCUT2D eigenvalue weighted by Crippen LogP contribution is 2.23. The van der Waals surface area contributed by atoms with Crippen molar-refractivity contribution in [2.75, 3.05) is 11.9 Å². The number of anilines is 1. The molecule has 2 rings (SSSR count). The van der Waals surface area contributed by atoms with Gasteiger partial charge in [-0.25, -0.2) is 4.63 Å². The number of carbonyl (C=O) groups is 1. The van der Waals surface area contributed by atoms with Crippen LogP contribution in [0, 0.1) is 6.92 Å². The van der Waals surface area contributed by atoms with Gasteiger partial charge in [-0.1, -0.05) is 51.0 Å². The molecule has 0 fully saturated rings. The van der Waals surface area contributed by atoms with Crippen molar-refractivity contribution in [1.29, 1.82) is 0 Å². The van der Waals surface area contributed by atoms with Gasteiger partial charge in [-0.2, -0.15) is 0 Å². The van der Waals surface area contributed by atoms with Gasteiger partial charge in [0.2, 0.25) is 0 Å². The molecule has 6 nitrogen and oxygen atoms in total. The fourth-order valence-corrected chi connectivity index (χ4v) is 2.99. The molecular formula is C19H29N3O3. The molecule has 0 bridgehead atoms. The predicted molar refractivity (Wildman–Crippen MR) is 98.8 cm³/mol. The topological polar surface area (TPSA) is 88.2 Å². The number of aliphatic carboxylic acids is 1. The van der Waals surface area contributed by atoms with Gasteiger partial charge in [0.15, 0.2) is 5.52 Å². The van der Waals surface area contributed by atoms with Crippen LogP contribution in [0.15, 0.2) is 16.8 Å². The fraction of sp³-hybridized carbons (Fsp3) is 0.632. The molecule has 2 aromatic rings. The van der Waals surface area contributed by atoms with Gasteiger partial charge in [-0.3, -0.25) is 4.79 Å². The maximum Gasteiger partial charge on any atom is 0.303 e. The Hall–Kier alpha value is -2.11. The third kappa shape index (κ3) is 6.72. The van der Waals surface area contributed by atoms with E-state index in [2.05, 4.69) is 15.6 Å². The lowest BCUT2D eigenvalue weighted by Gasteiger charge is -2.07. The summed E-state index contributed by atoms with van der Waals surface area (Å²) >= 11 is 0. The number of fused-ring (bicyclic) bond motifs is 1. The number of carboxylic acids is 1. The van der Waals surface area contributed by atoms with Crippen LogP contribution >= 0.6 is 0 Å². The molecule has 2 N–H and O–H groups in total. The molecule has 138 valence electrons. The second-order valence-electron chi connectivity index (χ2n) is 6.64. The SMILES string of the molecule is Cc1ccc(NCCCCCCCCCCCC(=O)O)c2nonc12. The van der Waals surface area contributed by atoms with Crippen LogP contribution in [0.2, 0.25) is 0 Å². The van der Waals surface area contributed by atoms with Gasteiger partial charge >= 0.3 is 5.97 Å². The molecule has 0 aliphatic carbocycles. The summed E-state index contributed by atoms with van der Waals surface area (Å²) in [4.78, 5) is 10.4. The molecule has 0 spiro atoms. The van der Waals surface area contributed by atoms with Crippen LogP contribution in [-0.4, -0.2) is 27.9 Å². The Balaban J connectivity index is 1.48. The van der Waals surface area contributed by atoms with E-state index >= 15 is 0 Å². The first-order chi connectivity index (χ1) is 12.2. The first-order valence-electron chi connectivity index (χ1n) is 9.36. The first-order valence-corrected chi connectivity index (χ1v) is 9.36. The van der Waals surface area contributed by atoms with E-state index in [1.54, 1.807) is 0 Å². The van der Waals surface area contributed by atoms with Crippen molar-refractivity contribution < 1.29 is 14.5 Å². The highest BCUT2D eigenvalue weighted by molar-refractivity contribution is 5.89. The molecule has 1 heterocycles. The summed E-state index contributed by atoms with van der Waals surface area (Å²) in [5, 5.41) is 19.9. The third-order valence-electron chi connectivity index (χ3n) is 4.50. The Morgan fingerprint density at radius 1 is 0.960 bits per heavy atom. The Morgan fingerprint density at radius 2 is 1.56 bits per heavy atom. The van der Waals surface area contributed by atoms with Gasteiger partial charge in [0.1, 0.15) is 5.52 Å². The van der Waals surface area contributed by atoms with Gasteiger partial charge in [0, 0.05) is 13.0 Å². The van der Waals surface area contributed by atoms with Gasteiger partial charge in [-0.15, -0.1) is 0 Å². The second kappa shape index (κ2) is 10.7. The lowest BCUT2D eigenvalue weighted by Crippen LogP contribution is -2.02. The molecule has 1 aromatic heterocycles. The molecule has 0 radical (unpaired) electrons. The molecule has 1 aromatic carbocycles. The van der Waals surface area contributed by atoms with Crippen LogP contribution < -0.4 is 5.32 Å². The number of rotatable bonds is 13. The minimum Gasteiger partial charge on any atom is -0.481 e. The largest absolute Gasteiger partial charge is 0.481 e. The number of unbranched alkanes of at least 4 members (excludes halogenated alkanes) is 8. The molecule has 0 unspecified atom stereocenters. The minimum atomic E-state index is -0.681. The van der Waals surface area contributed by atoms with Crippen LogP contribution in [0.3, 0.4) is 0 Å². The van der Waals surface area contributed by atoms with E-state index in [0.717, 1.165) is 54.5 Å². The zero-order valence-corrected chi connectivity index (χ0v) is 15.1. The number of aromatic nitrogens is 2. The monoisotopic (exact) mass is 347 g/mol. The predicted octanol–water partition coefficient (Wildman–Crippen LogP) is 4.93. The number of nitrogens with zero attached hydrogens (tertiary/aromatic N) is 2. The highest BCUT2D eigenvalue weighted by Gasteiger charge is 2.08. The third-order valence-corrected chi connectivity index (χ3v) is 4.50. The molecular weight excluding hydrogens is 318 g/mol. The normalized spacial score (nSPS) is 11.1. The number of carboxylic acid groups (broad SMARTS) is 1. The lowest BCUT2D eigenvalue weighted by molar-refractivity contribution is -0.137. The number of hydrogen-bond donors (Lipinski definition) is 2. The maximum atomic E-state index is 10.4. The van der Waals surface area contributed by atoms with E-state index in [1.807, 2.05) is 19.1 Å². The van der Waals surface area contributed by atoms with Crippen LogP contribution in [0.25, 0.3) is 11.0 Å². The number of aryl methyl sites for hydroxylation is 1. The lowest BCUT2D eigenvalue weighted by atomic mass is 10.1. The highest BCUT2D eigenvalue weighted by atomic mass is 16.6. The molecule has 6 heteroatoms. The summed E-state index contributed by atoms with van der Waals surface area (Å²) in [6, 6.07) is 4.07. The van der Waals surface area contributed by atoms with Crippen LogP contribution in [0.4, 0.5) is 5.69 Å². The van der Waals surface area contributed by atoms with Crippen molar-refractivity contribution in [3.8, 4) is 0 Å². The van der Waals surface area contributed by atoms with E-state index in [9.17, 15) is 4.79 Å². The van der Waals surface area contributed by atoms with Crippen molar-refractivity contribution >= 4 is 22.7 Å². The molecule has 0 atom stereocenters. The van der Waals surface area contributed by atoms with Crippen molar-refractivity contribution in [1.82, 2.24) is 10.3 Å². The van der Waals surface area contributed by atoms with Crippen molar-refractivity contribution in [2.24, 2.45) is 0 Å². The van der Waals surface area contributed by atoms with E-state index in [1.165, 1.54) is 32.1 Å². The number of hydrogen-bond acceptors (Lipinski definition) is 5. The summed E-state index contributed by atoms with van der Waals surface area (Å²) in [6.45, 7) is 2.93. The van der Waals surface area contributed by atoms with E-state index in [-0.39, 0.29) is 0 Å². The van der Waals surface area contributed by atoms with E-state index in [0.29, 0.717) is 6.42 Å². The first kappa shape index (κ1) is 19.2. The Kier molecular flexibility index (Phi) is 8.22. The minimum absolute atomic E-state index is 0.310. The number of benzene rings is 1. The molecule has 0 aliphatic heterocycles. The summed E-state index contributed by atoms with van der Waals surface area (Å²) in [5.41, 5.74) is 3.70. The Bertz CT molecular complexity index is 654. The van der Waals surface area contributed by atoms with Gasteiger partial charge in [0.05, 0.1) is 5.69 Å². The number of nitrogens with one attached hydrogen (secondary N) is 1.